The third kappa shape index (κ3) is 4.58. The molecule has 32 heavy (non-hydrogen) atoms. The fraction of sp³-hybridized carbons (Fsp3) is 0.136. The Morgan fingerprint density at radius 1 is 1.03 bits per heavy atom. The second-order valence-electron chi connectivity index (χ2n) is 7.42. The maximum Gasteiger partial charge on any atom is 0.261 e. The number of amides is 1. The molecule has 4 aromatic rings. The second-order valence-corrected chi connectivity index (χ2v) is 9.54. The minimum Gasteiger partial charge on any atom is -0.321 e. The van der Waals surface area contributed by atoms with Crippen molar-refractivity contribution in [3.05, 3.63) is 77.6 Å². The molecule has 2 aromatic carbocycles. The van der Waals surface area contributed by atoms with Crippen LogP contribution in [0.4, 0.5) is 11.4 Å². The van der Waals surface area contributed by atoms with Crippen LogP contribution in [0.1, 0.15) is 30.2 Å². The number of anilines is 2. The average Bonchev–Trinajstić information content (AvgIpc) is 3.17. The Morgan fingerprint density at radius 2 is 1.81 bits per heavy atom. The van der Waals surface area contributed by atoms with Gasteiger partial charge in [-0.15, -0.1) is 0 Å². The fourth-order valence-electron chi connectivity index (χ4n) is 3.16. The van der Waals surface area contributed by atoms with Crippen LogP contribution >= 0.6 is 11.6 Å². The lowest BCUT2D eigenvalue weighted by Crippen LogP contribution is -2.16. The largest absolute Gasteiger partial charge is 0.321 e. The highest BCUT2D eigenvalue weighted by Crippen LogP contribution is 2.22. The third-order valence-electron chi connectivity index (χ3n) is 4.66. The van der Waals surface area contributed by atoms with E-state index in [9.17, 15) is 13.2 Å². The fourth-order valence-corrected chi connectivity index (χ4v) is 4.45. The number of hydrogen-bond donors (Lipinski definition) is 2. The van der Waals surface area contributed by atoms with Crippen LogP contribution in [0.15, 0.2) is 71.9 Å². The van der Waals surface area contributed by atoms with Gasteiger partial charge < -0.3 is 5.32 Å². The van der Waals surface area contributed by atoms with E-state index >= 15 is 0 Å². The SMILES string of the molecule is CC(C)n1ncc2cc(NC(=O)c3cccc(S(=O)(=O)Nc4cccc(Cl)c4)c3)cnc21. The molecule has 0 atom stereocenters. The number of fused-ring (bicyclic) bond motifs is 1. The van der Waals surface area contributed by atoms with E-state index in [1.807, 2.05) is 13.8 Å². The van der Waals surface area contributed by atoms with E-state index in [0.29, 0.717) is 16.4 Å². The quantitative estimate of drug-likeness (QED) is 0.425. The third-order valence-corrected chi connectivity index (χ3v) is 6.28. The Morgan fingerprint density at radius 3 is 2.56 bits per heavy atom. The van der Waals surface area contributed by atoms with Crippen LogP contribution in [-0.2, 0) is 10.0 Å². The van der Waals surface area contributed by atoms with Gasteiger partial charge in [-0.05, 0) is 56.3 Å². The molecule has 2 aromatic heterocycles. The number of aromatic nitrogens is 3. The summed E-state index contributed by atoms with van der Waals surface area (Å²) in [6.45, 7) is 4.01. The molecule has 0 saturated carbocycles. The summed E-state index contributed by atoms with van der Waals surface area (Å²) in [5, 5.41) is 8.26. The van der Waals surface area contributed by atoms with Crippen molar-refractivity contribution in [2.24, 2.45) is 0 Å². The van der Waals surface area contributed by atoms with E-state index in [1.165, 1.54) is 30.3 Å². The summed E-state index contributed by atoms with van der Waals surface area (Å²) in [6.07, 6.45) is 3.23. The summed E-state index contributed by atoms with van der Waals surface area (Å²) in [6, 6.07) is 14.1. The van der Waals surface area contributed by atoms with Crippen LogP contribution in [0.2, 0.25) is 5.02 Å². The number of pyridine rings is 1. The summed E-state index contributed by atoms with van der Waals surface area (Å²) in [5.74, 6) is -0.456. The number of halogens is 1. The van der Waals surface area contributed by atoms with Crippen LogP contribution in [0.25, 0.3) is 11.0 Å². The highest BCUT2D eigenvalue weighted by atomic mass is 35.5. The number of rotatable bonds is 6. The Labute approximate surface area is 190 Å². The van der Waals surface area contributed by atoms with Crippen molar-refractivity contribution in [3.63, 3.8) is 0 Å². The van der Waals surface area contributed by atoms with Crippen molar-refractivity contribution < 1.29 is 13.2 Å². The van der Waals surface area contributed by atoms with Gasteiger partial charge in [0.1, 0.15) is 0 Å². The Hall–Kier alpha value is -3.43. The van der Waals surface area contributed by atoms with E-state index in [0.717, 1.165) is 11.0 Å². The summed E-state index contributed by atoms with van der Waals surface area (Å²) >= 11 is 5.92. The van der Waals surface area contributed by atoms with Crippen LogP contribution in [0.3, 0.4) is 0 Å². The van der Waals surface area contributed by atoms with E-state index in [1.54, 1.807) is 41.3 Å². The maximum atomic E-state index is 12.8. The van der Waals surface area contributed by atoms with Gasteiger partial charge in [0.25, 0.3) is 15.9 Å². The van der Waals surface area contributed by atoms with Gasteiger partial charge in [-0.1, -0.05) is 23.7 Å². The van der Waals surface area contributed by atoms with Gasteiger partial charge in [-0.2, -0.15) is 5.10 Å². The topological polar surface area (TPSA) is 106 Å². The Balaban J connectivity index is 1.55. The van der Waals surface area contributed by atoms with E-state index in [2.05, 4.69) is 20.1 Å². The van der Waals surface area contributed by atoms with Gasteiger partial charge in [-0.25, -0.2) is 18.1 Å². The summed E-state index contributed by atoms with van der Waals surface area (Å²) in [7, 11) is -3.91. The first-order valence-corrected chi connectivity index (χ1v) is 11.6. The van der Waals surface area contributed by atoms with E-state index in [4.69, 9.17) is 11.6 Å². The zero-order valence-electron chi connectivity index (χ0n) is 17.3. The number of carbonyl (C=O) groups excluding carboxylic acids is 1. The molecule has 0 bridgehead atoms. The standard InChI is InChI=1S/C22H20ClN5O3S/c1-14(2)28-21-16(12-25-28)9-19(13-24-21)26-22(29)15-5-3-8-20(10-15)32(30,31)27-18-7-4-6-17(23)11-18/h3-14,27H,1-2H3,(H,26,29). The monoisotopic (exact) mass is 469 g/mol. The number of nitrogens with one attached hydrogen (secondary N) is 2. The Kier molecular flexibility index (Phi) is 5.86. The summed E-state index contributed by atoms with van der Waals surface area (Å²) < 4.78 is 29.7. The van der Waals surface area contributed by atoms with Crippen molar-refractivity contribution in [2.45, 2.75) is 24.8 Å². The smallest absolute Gasteiger partial charge is 0.261 e. The van der Waals surface area contributed by atoms with Gasteiger partial charge in [0.15, 0.2) is 5.65 Å². The second kappa shape index (κ2) is 8.60. The van der Waals surface area contributed by atoms with E-state index in [-0.39, 0.29) is 16.5 Å². The lowest BCUT2D eigenvalue weighted by Gasteiger charge is -2.10. The molecule has 0 fully saturated rings. The van der Waals surface area contributed by atoms with Crippen LogP contribution in [0, 0.1) is 0 Å². The first-order valence-electron chi connectivity index (χ1n) is 9.76. The van der Waals surface area contributed by atoms with Gasteiger partial charge in [0, 0.05) is 22.0 Å². The minimum atomic E-state index is -3.91. The van der Waals surface area contributed by atoms with Crippen LogP contribution in [-0.4, -0.2) is 29.1 Å². The highest BCUT2D eigenvalue weighted by Gasteiger charge is 2.17. The molecular formula is C22H20ClN5O3S. The predicted molar refractivity (Wildman–Crippen MR) is 125 cm³/mol. The molecule has 0 unspecified atom stereocenters. The summed E-state index contributed by atoms with van der Waals surface area (Å²) in [5.41, 5.74) is 1.72. The van der Waals surface area contributed by atoms with Crippen LogP contribution in [0.5, 0.6) is 0 Å². The molecule has 1 amide bonds. The molecule has 8 nitrogen and oxygen atoms in total. The van der Waals surface area contributed by atoms with Gasteiger partial charge in [0.05, 0.1) is 28.7 Å². The molecule has 2 N–H and O–H groups in total. The molecule has 0 aliphatic rings. The number of nitrogens with zero attached hydrogens (tertiary/aromatic N) is 3. The average molecular weight is 470 g/mol. The Bertz CT molecular complexity index is 1420. The number of carbonyl (C=O) groups is 1. The normalized spacial score (nSPS) is 11.6. The molecule has 0 radical (unpaired) electrons. The number of benzene rings is 2. The zero-order chi connectivity index (χ0) is 22.9. The molecule has 0 aliphatic heterocycles. The van der Waals surface area contributed by atoms with E-state index < -0.39 is 15.9 Å². The van der Waals surface area contributed by atoms with Crippen molar-refractivity contribution in [1.82, 2.24) is 14.8 Å². The number of hydrogen-bond acceptors (Lipinski definition) is 5. The molecular weight excluding hydrogens is 450 g/mol. The van der Waals surface area contributed by atoms with Crippen molar-refractivity contribution in [1.29, 1.82) is 0 Å². The lowest BCUT2D eigenvalue weighted by molar-refractivity contribution is 0.102. The lowest BCUT2D eigenvalue weighted by atomic mass is 10.2. The molecule has 4 rings (SSSR count). The molecule has 0 saturated heterocycles. The molecule has 0 spiro atoms. The molecule has 164 valence electrons. The highest BCUT2D eigenvalue weighted by molar-refractivity contribution is 7.92. The van der Waals surface area contributed by atoms with Gasteiger partial charge in [0.2, 0.25) is 0 Å². The summed E-state index contributed by atoms with van der Waals surface area (Å²) in [4.78, 5) is 17.1. The van der Waals surface area contributed by atoms with Gasteiger partial charge in [-0.3, -0.25) is 9.52 Å². The zero-order valence-corrected chi connectivity index (χ0v) is 18.9. The maximum absolute atomic E-state index is 12.8. The first-order chi connectivity index (χ1) is 15.2. The first kappa shape index (κ1) is 21.8. The molecule has 0 aliphatic carbocycles. The number of sulfonamides is 1. The minimum absolute atomic E-state index is 0.0445. The molecule has 10 heteroatoms. The van der Waals surface area contributed by atoms with Crippen molar-refractivity contribution in [2.75, 3.05) is 10.0 Å². The van der Waals surface area contributed by atoms with Crippen molar-refractivity contribution in [3.8, 4) is 0 Å². The van der Waals surface area contributed by atoms with Crippen molar-refractivity contribution >= 4 is 49.9 Å². The molecule has 2 heterocycles. The predicted octanol–water partition coefficient (Wildman–Crippen LogP) is 4.72. The van der Waals surface area contributed by atoms with Crippen LogP contribution < -0.4 is 10.0 Å². The van der Waals surface area contributed by atoms with Gasteiger partial charge >= 0.3 is 0 Å².